The molecule has 1 saturated carbocycles. The minimum Gasteiger partial charge on any atom is -0.429 e. The first-order valence-corrected chi connectivity index (χ1v) is 11.1. The number of hydrogen-bond acceptors (Lipinski definition) is 3. The van der Waals surface area contributed by atoms with Crippen LogP contribution in [0.15, 0.2) is 6.07 Å². The van der Waals surface area contributed by atoms with Crippen LogP contribution in [0.25, 0.3) is 0 Å². The summed E-state index contributed by atoms with van der Waals surface area (Å²) in [5.41, 5.74) is 4.52. The van der Waals surface area contributed by atoms with Crippen LogP contribution in [0, 0.1) is 17.3 Å². The lowest BCUT2D eigenvalue weighted by atomic mass is 9.55. The molecule has 0 saturated heterocycles. The standard InChI is InChI=1S/C23H33ClO2S/c1-7-9-15-10-18(26-27)20-16(19(15)14(4)25)11-17-21(20)22(5,8-2)12-13(3)23(17,6)24/h10,13,17,21,27H,7-9,11-12H2,1-6H3/t13-,17?,21?,22?,23-/m0/s1. The molecule has 0 spiro atoms. The number of benzene rings is 1. The van der Waals surface area contributed by atoms with E-state index < -0.39 is 0 Å². The number of fused-ring (bicyclic) bond motifs is 3. The van der Waals surface area contributed by atoms with Crippen molar-refractivity contribution in [3.8, 4) is 5.75 Å². The summed E-state index contributed by atoms with van der Waals surface area (Å²) in [6, 6.07) is 2.06. The van der Waals surface area contributed by atoms with Crippen LogP contribution in [0.4, 0.5) is 0 Å². The molecule has 2 aliphatic rings. The third-order valence-corrected chi connectivity index (χ3v) is 8.50. The van der Waals surface area contributed by atoms with Gasteiger partial charge in [0.15, 0.2) is 5.78 Å². The predicted octanol–water partition coefficient (Wildman–Crippen LogP) is 6.77. The minimum atomic E-state index is -0.286. The molecule has 0 N–H and O–H groups in total. The van der Waals surface area contributed by atoms with Gasteiger partial charge < -0.3 is 4.18 Å². The Balaban J connectivity index is 2.30. The van der Waals surface area contributed by atoms with Crippen LogP contribution in [0.3, 0.4) is 0 Å². The molecule has 1 aromatic rings. The van der Waals surface area contributed by atoms with E-state index in [-0.39, 0.29) is 16.1 Å². The van der Waals surface area contributed by atoms with E-state index in [1.54, 1.807) is 6.92 Å². The number of carbonyl (C=O) groups is 1. The fourth-order valence-corrected chi connectivity index (χ4v) is 6.40. The second-order valence-electron chi connectivity index (χ2n) is 9.25. The maximum Gasteiger partial charge on any atom is 0.160 e. The van der Waals surface area contributed by atoms with Gasteiger partial charge in [-0.15, -0.1) is 11.6 Å². The number of hydrogen-bond donors (Lipinski definition) is 1. The van der Waals surface area contributed by atoms with Gasteiger partial charge in [0.05, 0.1) is 0 Å². The molecular weight excluding hydrogens is 376 g/mol. The zero-order chi connectivity index (χ0) is 20.1. The van der Waals surface area contributed by atoms with Crippen molar-refractivity contribution in [3.63, 3.8) is 0 Å². The molecule has 0 amide bonds. The van der Waals surface area contributed by atoms with E-state index in [1.165, 1.54) is 11.1 Å². The summed E-state index contributed by atoms with van der Waals surface area (Å²) in [7, 11) is 0. The Morgan fingerprint density at radius 2 is 2.04 bits per heavy atom. The molecule has 3 unspecified atom stereocenters. The molecule has 1 aromatic carbocycles. The van der Waals surface area contributed by atoms with Crippen molar-refractivity contribution in [1.82, 2.24) is 0 Å². The van der Waals surface area contributed by atoms with E-state index >= 15 is 0 Å². The van der Waals surface area contributed by atoms with Gasteiger partial charge in [-0.1, -0.05) is 40.5 Å². The summed E-state index contributed by atoms with van der Waals surface area (Å²) in [6.45, 7) is 13.0. The average molecular weight is 409 g/mol. The Hall–Kier alpha value is -0.670. The van der Waals surface area contributed by atoms with Gasteiger partial charge in [-0.3, -0.25) is 4.79 Å². The summed E-state index contributed by atoms with van der Waals surface area (Å²) < 4.78 is 5.60. The Labute approximate surface area is 175 Å². The molecule has 3 rings (SSSR count). The summed E-state index contributed by atoms with van der Waals surface area (Å²) in [4.78, 5) is 12.4. The molecule has 2 aliphatic carbocycles. The first-order chi connectivity index (χ1) is 12.6. The van der Waals surface area contributed by atoms with Crippen molar-refractivity contribution < 1.29 is 8.98 Å². The minimum absolute atomic E-state index is 0.144. The lowest BCUT2D eigenvalue weighted by Crippen LogP contribution is -2.49. The number of rotatable bonds is 5. The smallest absolute Gasteiger partial charge is 0.160 e. The molecule has 1 fully saturated rings. The second-order valence-corrected chi connectivity index (χ2v) is 10.2. The Morgan fingerprint density at radius 3 is 2.56 bits per heavy atom. The van der Waals surface area contributed by atoms with Crippen LogP contribution >= 0.6 is 24.5 Å². The van der Waals surface area contributed by atoms with Crippen molar-refractivity contribution in [2.75, 3.05) is 0 Å². The highest BCUT2D eigenvalue weighted by atomic mass is 35.5. The molecule has 0 heterocycles. The third kappa shape index (κ3) is 3.13. The lowest BCUT2D eigenvalue weighted by molar-refractivity contribution is 0.0517. The van der Waals surface area contributed by atoms with Gasteiger partial charge in [0.2, 0.25) is 0 Å². The number of Topliss-reactive ketones (excluding diaryl/α,β-unsaturated/α-hetero) is 1. The zero-order valence-electron chi connectivity index (χ0n) is 17.5. The van der Waals surface area contributed by atoms with Crippen LogP contribution < -0.4 is 4.18 Å². The molecule has 0 radical (unpaired) electrons. The molecule has 150 valence electrons. The highest BCUT2D eigenvalue weighted by Gasteiger charge is 2.58. The molecule has 5 atom stereocenters. The maximum atomic E-state index is 12.7. The molecular formula is C23H33ClO2S. The van der Waals surface area contributed by atoms with Gasteiger partial charge in [-0.05, 0) is 73.5 Å². The van der Waals surface area contributed by atoms with Gasteiger partial charge in [0, 0.05) is 28.9 Å². The van der Waals surface area contributed by atoms with E-state index in [2.05, 4.69) is 53.6 Å². The first kappa shape index (κ1) is 21.0. The van der Waals surface area contributed by atoms with Crippen molar-refractivity contribution >= 4 is 30.3 Å². The van der Waals surface area contributed by atoms with E-state index in [0.29, 0.717) is 17.8 Å². The fourth-order valence-electron chi connectivity index (χ4n) is 5.97. The normalized spacial score (nSPS) is 34.9. The van der Waals surface area contributed by atoms with Crippen LogP contribution in [0.1, 0.15) is 93.8 Å². The first-order valence-electron chi connectivity index (χ1n) is 10.3. The molecule has 4 heteroatoms. The average Bonchev–Trinajstić information content (AvgIpc) is 3.01. The summed E-state index contributed by atoms with van der Waals surface area (Å²) in [5.74, 6) is 2.01. The van der Waals surface area contributed by atoms with Crippen LogP contribution in [-0.2, 0) is 12.8 Å². The SMILES string of the molecule is CCCc1cc(OS)c2c(c1C(C)=O)CC1C2C(C)(CC)C[C@H](C)[C@]1(C)Cl. The van der Waals surface area contributed by atoms with Crippen molar-refractivity contribution in [2.24, 2.45) is 17.3 Å². The summed E-state index contributed by atoms with van der Waals surface area (Å²) in [5, 5.41) is 0. The Kier molecular flexibility index (Phi) is 5.69. The predicted molar refractivity (Wildman–Crippen MR) is 116 cm³/mol. The van der Waals surface area contributed by atoms with Crippen molar-refractivity contribution in [2.45, 2.75) is 84.4 Å². The number of aryl methyl sites for hydroxylation is 1. The third-order valence-electron chi connectivity index (χ3n) is 7.65. The molecule has 2 nitrogen and oxygen atoms in total. The quantitative estimate of drug-likeness (QED) is 0.251. The Bertz CT molecular complexity index is 757. The van der Waals surface area contributed by atoms with Gasteiger partial charge >= 0.3 is 0 Å². The molecule has 27 heavy (non-hydrogen) atoms. The van der Waals surface area contributed by atoms with Crippen LogP contribution in [0.2, 0.25) is 0 Å². The second kappa shape index (κ2) is 7.30. The highest BCUT2D eigenvalue weighted by molar-refractivity contribution is 7.75. The zero-order valence-corrected chi connectivity index (χ0v) is 19.1. The van der Waals surface area contributed by atoms with Crippen molar-refractivity contribution in [1.29, 1.82) is 0 Å². The number of carbonyl (C=O) groups excluding carboxylic acids is 1. The fraction of sp³-hybridized carbons (Fsp3) is 0.696. The highest BCUT2D eigenvalue weighted by Crippen LogP contribution is 2.65. The summed E-state index contributed by atoms with van der Waals surface area (Å²) >= 11 is 11.4. The van der Waals surface area contributed by atoms with Gasteiger partial charge in [-0.2, -0.15) is 0 Å². The largest absolute Gasteiger partial charge is 0.429 e. The number of ketones is 1. The van der Waals surface area contributed by atoms with Gasteiger partial charge in [0.25, 0.3) is 0 Å². The van der Waals surface area contributed by atoms with E-state index in [1.807, 2.05) is 0 Å². The number of thiol groups is 1. The topological polar surface area (TPSA) is 26.3 Å². The lowest BCUT2D eigenvalue weighted by Gasteiger charge is -2.53. The van der Waals surface area contributed by atoms with Crippen LogP contribution in [-0.4, -0.2) is 10.7 Å². The maximum absolute atomic E-state index is 12.7. The van der Waals surface area contributed by atoms with E-state index in [0.717, 1.165) is 49.0 Å². The molecule has 0 aromatic heterocycles. The number of halogens is 1. The number of alkyl halides is 1. The van der Waals surface area contributed by atoms with E-state index in [9.17, 15) is 4.79 Å². The summed E-state index contributed by atoms with van der Waals surface area (Å²) in [6.07, 6.45) is 4.90. The van der Waals surface area contributed by atoms with Crippen LogP contribution in [0.5, 0.6) is 5.75 Å². The monoisotopic (exact) mass is 408 g/mol. The van der Waals surface area contributed by atoms with E-state index in [4.69, 9.17) is 15.8 Å². The molecule has 0 bridgehead atoms. The molecule has 0 aliphatic heterocycles. The van der Waals surface area contributed by atoms with Crippen molar-refractivity contribution in [3.05, 3.63) is 28.3 Å². The van der Waals surface area contributed by atoms with Gasteiger partial charge in [-0.25, -0.2) is 0 Å². The van der Waals surface area contributed by atoms with Gasteiger partial charge in [0.1, 0.15) is 5.75 Å². The Morgan fingerprint density at radius 1 is 1.37 bits per heavy atom.